The molecule has 0 unspecified atom stereocenters. The summed E-state index contributed by atoms with van der Waals surface area (Å²) < 4.78 is 34.4. The molecule has 0 aromatic heterocycles. The van der Waals surface area contributed by atoms with Crippen molar-refractivity contribution in [2.24, 2.45) is 4.40 Å². The molecule has 1 fully saturated rings. The molecule has 1 aliphatic rings. The van der Waals surface area contributed by atoms with Crippen LogP contribution in [0.15, 0.2) is 36.4 Å². The third kappa shape index (κ3) is 4.27. The summed E-state index contributed by atoms with van der Waals surface area (Å²) in [4.78, 5) is 1.98. The average Bonchev–Trinajstić information content (AvgIpc) is 2.37. The third-order valence-corrected chi connectivity index (χ3v) is 4.65. The van der Waals surface area contributed by atoms with E-state index in [2.05, 4.69) is 36.3 Å². The summed E-state index contributed by atoms with van der Waals surface area (Å²) in [7, 11) is -3.68. The molecule has 19 heavy (non-hydrogen) atoms. The maximum Gasteiger partial charge on any atom is 0.283 e. The Labute approximate surface area is 129 Å². The molecule has 0 bridgehead atoms. The van der Waals surface area contributed by atoms with Crippen LogP contribution < -0.4 is 0 Å². The highest BCUT2D eigenvalue weighted by atomic mass is 79.9. The topological polar surface area (TPSA) is 59.0 Å². The second-order valence-corrected chi connectivity index (χ2v) is 7.41. The average molecular weight is 412 g/mol. The van der Waals surface area contributed by atoms with Gasteiger partial charge in [0.25, 0.3) is 10.0 Å². The smallest absolute Gasteiger partial charge is 0.283 e. The van der Waals surface area contributed by atoms with Crippen LogP contribution in [0.25, 0.3) is 0 Å². The van der Waals surface area contributed by atoms with Gasteiger partial charge in [-0.05, 0) is 18.2 Å². The summed E-state index contributed by atoms with van der Waals surface area (Å²) in [5.41, 5.74) is 0. The minimum atomic E-state index is -3.68. The van der Waals surface area contributed by atoms with Crippen LogP contribution in [0.5, 0.6) is 0 Å². The Morgan fingerprint density at radius 1 is 1.16 bits per heavy atom. The monoisotopic (exact) mass is 410 g/mol. The van der Waals surface area contributed by atoms with Crippen LogP contribution in [-0.4, -0.2) is 46.0 Å². The Hall–Kier alpha value is -0.440. The highest BCUT2D eigenvalue weighted by Gasteiger charge is 2.15. The molecule has 0 N–H and O–H groups in total. The lowest BCUT2D eigenvalue weighted by Crippen LogP contribution is -2.35. The fraction of sp³-hybridized carbons (Fsp3) is 0.364. The van der Waals surface area contributed by atoms with Crippen molar-refractivity contribution in [1.29, 1.82) is 0 Å². The van der Waals surface area contributed by atoms with Crippen LogP contribution in [0.3, 0.4) is 0 Å². The first-order valence-electron chi connectivity index (χ1n) is 5.56. The second-order valence-electron chi connectivity index (χ2n) is 3.95. The van der Waals surface area contributed by atoms with Crippen LogP contribution >= 0.6 is 31.9 Å². The number of benzene rings is 1. The maximum atomic E-state index is 12.1. The summed E-state index contributed by atoms with van der Waals surface area (Å²) >= 11 is 6.52. The van der Waals surface area contributed by atoms with Gasteiger partial charge in [-0.25, -0.2) is 0 Å². The number of nitrogens with zero attached hydrogens (tertiary/aromatic N) is 2. The molecule has 8 heteroatoms. The van der Waals surface area contributed by atoms with E-state index >= 15 is 0 Å². The van der Waals surface area contributed by atoms with Gasteiger partial charge in [-0.2, -0.15) is 8.42 Å². The Balaban J connectivity index is 2.19. The Morgan fingerprint density at radius 3 is 2.32 bits per heavy atom. The summed E-state index contributed by atoms with van der Waals surface area (Å²) in [6.07, 6.45) is 1.37. The number of hydrogen-bond donors (Lipinski definition) is 0. The minimum absolute atomic E-state index is 0.151. The largest absolute Gasteiger partial charge is 0.378 e. The normalized spacial score (nSPS) is 17.1. The standard InChI is InChI=1S/C11H12Br2N2O3S/c12-9-5-10(13)7-11(6-9)19(16,17)14-8-15-1-3-18-4-2-15/h5-8H,1-4H2. The zero-order valence-corrected chi connectivity index (χ0v) is 13.9. The van der Waals surface area contributed by atoms with E-state index in [1.807, 2.05) is 4.90 Å². The van der Waals surface area contributed by atoms with Gasteiger partial charge in [0.05, 0.1) is 18.1 Å². The van der Waals surface area contributed by atoms with Crippen LogP contribution in [-0.2, 0) is 14.8 Å². The number of hydrogen-bond acceptors (Lipinski definition) is 3. The SMILES string of the molecule is O=S(=O)(N=CN1CCOCC1)c1cc(Br)cc(Br)c1. The fourth-order valence-corrected chi connectivity index (χ4v) is 4.09. The van der Waals surface area contributed by atoms with E-state index in [0.717, 1.165) is 0 Å². The lowest BCUT2D eigenvalue weighted by molar-refractivity contribution is 0.0701. The molecule has 1 saturated heterocycles. The number of halogens is 2. The highest BCUT2D eigenvalue weighted by molar-refractivity contribution is 9.11. The summed E-state index contributed by atoms with van der Waals surface area (Å²) in [6.45, 7) is 2.49. The van der Waals surface area contributed by atoms with Crippen LogP contribution in [0.4, 0.5) is 0 Å². The molecule has 1 aliphatic heterocycles. The van der Waals surface area contributed by atoms with Crippen molar-refractivity contribution >= 4 is 48.2 Å². The molecule has 0 amide bonds. The van der Waals surface area contributed by atoms with Gasteiger partial charge in [-0.1, -0.05) is 31.9 Å². The highest BCUT2D eigenvalue weighted by Crippen LogP contribution is 2.24. The van der Waals surface area contributed by atoms with Crippen molar-refractivity contribution in [2.45, 2.75) is 4.90 Å². The predicted molar refractivity (Wildman–Crippen MR) is 79.9 cm³/mol. The van der Waals surface area contributed by atoms with Gasteiger partial charge in [0, 0.05) is 22.0 Å². The first kappa shape index (κ1) is 15.0. The van der Waals surface area contributed by atoms with E-state index in [4.69, 9.17) is 4.74 Å². The number of rotatable bonds is 3. The van der Waals surface area contributed by atoms with Crippen molar-refractivity contribution in [1.82, 2.24) is 4.90 Å². The molecular formula is C11H12Br2N2O3S. The maximum absolute atomic E-state index is 12.1. The molecule has 0 atom stereocenters. The molecule has 1 aromatic rings. The molecule has 0 saturated carbocycles. The molecule has 1 aromatic carbocycles. The quantitative estimate of drug-likeness (QED) is 0.565. The van der Waals surface area contributed by atoms with Gasteiger partial charge in [0.15, 0.2) is 0 Å². The van der Waals surface area contributed by atoms with E-state index < -0.39 is 10.0 Å². The lowest BCUT2D eigenvalue weighted by atomic mass is 10.4. The molecule has 0 aliphatic carbocycles. The summed E-state index contributed by atoms with van der Waals surface area (Å²) in [5.74, 6) is 0. The molecule has 1 heterocycles. The van der Waals surface area contributed by atoms with Crippen molar-refractivity contribution in [3.05, 3.63) is 27.1 Å². The summed E-state index contributed by atoms with van der Waals surface area (Å²) in [6, 6.07) is 4.82. The zero-order valence-electron chi connectivity index (χ0n) is 9.92. The number of morpholine rings is 1. The van der Waals surface area contributed by atoms with Gasteiger partial charge < -0.3 is 9.64 Å². The first-order valence-corrected chi connectivity index (χ1v) is 8.58. The molecule has 104 valence electrons. The molecule has 0 radical (unpaired) electrons. The second kappa shape index (κ2) is 6.34. The fourth-order valence-electron chi connectivity index (χ4n) is 1.56. The molecule has 5 nitrogen and oxygen atoms in total. The van der Waals surface area contributed by atoms with E-state index in [0.29, 0.717) is 35.2 Å². The predicted octanol–water partition coefficient (Wildman–Crippen LogP) is 2.26. The molecule has 0 spiro atoms. The van der Waals surface area contributed by atoms with Crippen LogP contribution in [0.1, 0.15) is 0 Å². The summed E-state index contributed by atoms with van der Waals surface area (Å²) in [5, 5.41) is 0. The minimum Gasteiger partial charge on any atom is -0.378 e. The Bertz CT molecular complexity index is 563. The van der Waals surface area contributed by atoms with Crippen molar-refractivity contribution < 1.29 is 13.2 Å². The van der Waals surface area contributed by atoms with Crippen molar-refractivity contribution in [3.8, 4) is 0 Å². The van der Waals surface area contributed by atoms with Crippen LogP contribution in [0, 0.1) is 0 Å². The Kier molecular flexibility index (Phi) is 4.99. The van der Waals surface area contributed by atoms with Crippen molar-refractivity contribution in [3.63, 3.8) is 0 Å². The van der Waals surface area contributed by atoms with Crippen LogP contribution in [0.2, 0.25) is 0 Å². The number of sulfonamides is 1. The molecular weight excluding hydrogens is 400 g/mol. The van der Waals surface area contributed by atoms with E-state index in [9.17, 15) is 8.42 Å². The first-order chi connectivity index (χ1) is 8.97. The third-order valence-electron chi connectivity index (χ3n) is 2.53. The van der Waals surface area contributed by atoms with E-state index in [1.54, 1.807) is 6.07 Å². The van der Waals surface area contributed by atoms with E-state index in [1.165, 1.54) is 18.5 Å². The lowest BCUT2D eigenvalue weighted by Gasteiger charge is -2.23. The van der Waals surface area contributed by atoms with Gasteiger partial charge in [0.1, 0.15) is 6.34 Å². The molecule has 2 rings (SSSR count). The number of ether oxygens (including phenoxy) is 1. The van der Waals surface area contributed by atoms with Gasteiger partial charge in [0.2, 0.25) is 0 Å². The van der Waals surface area contributed by atoms with E-state index in [-0.39, 0.29) is 4.90 Å². The van der Waals surface area contributed by atoms with Gasteiger partial charge in [-0.15, -0.1) is 4.40 Å². The van der Waals surface area contributed by atoms with Gasteiger partial charge >= 0.3 is 0 Å². The Morgan fingerprint density at radius 2 is 1.74 bits per heavy atom. The van der Waals surface area contributed by atoms with Gasteiger partial charge in [-0.3, -0.25) is 0 Å². The zero-order chi connectivity index (χ0) is 13.9. The van der Waals surface area contributed by atoms with Crippen molar-refractivity contribution in [2.75, 3.05) is 26.3 Å².